The Morgan fingerprint density at radius 1 is 0.919 bits per heavy atom. The van der Waals surface area contributed by atoms with E-state index in [-0.39, 0.29) is 43.6 Å². The number of Topliss-reactive ketones (excluding diaryl/α,β-unsaturated/α-hetero) is 1. The van der Waals surface area contributed by atoms with Crippen molar-refractivity contribution in [1.29, 1.82) is 0 Å². The second kappa shape index (κ2) is 12.8. The number of nitrogens with one attached hydrogen (secondary N) is 2. The molecule has 0 aliphatic heterocycles. The highest BCUT2D eigenvalue weighted by Crippen LogP contribution is 2.23. The standard InChI is InChI=1S/C28H25ClFN3O4/c29-21-5-11-25(12-6-21)37-24-9-3-19(4-10-24)13-27(34)26(33-28(35)14-23-15-31-18-32-23)17-36-16-20-1-7-22(30)8-2-20/h1-12,15,18,26H,13-14,16-17H2,(H,31,32)(H,33,35)/t26-/m0/s1. The van der Waals surface area contributed by atoms with Crippen LogP contribution in [0.3, 0.4) is 0 Å². The topological polar surface area (TPSA) is 93.3 Å². The molecule has 2 N–H and O–H groups in total. The summed E-state index contributed by atoms with van der Waals surface area (Å²) in [6.07, 6.45) is 3.18. The Morgan fingerprint density at radius 2 is 1.57 bits per heavy atom. The molecule has 9 heteroatoms. The Morgan fingerprint density at radius 3 is 2.22 bits per heavy atom. The van der Waals surface area contributed by atoms with Crippen LogP contribution in [0.5, 0.6) is 11.5 Å². The molecule has 0 bridgehead atoms. The van der Waals surface area contributed by atoms with Gasteiger partial charge in [0.05, 0.1) is 26.0 Å². The van der Waals surface area contributed by atoms with Crippen molar-refractivity contribution in [2.75, 3.05) is 6.61 Å². The Bertz CT molecular complexity index is 1300. The number of carbonyl (C=O) groups excluding carboxylic acids is 2. The number of halogens is 2. The maximum atomic E-state index is 13.1. The summed E-state index contributed by atoms with van der Waals surface area (Å²) in [5.74, 6) is 0.382. The van der Waals surface area contributed by atoms with E-state index < -0.39 is 6.04 Å². The molecule has 0 radical (unpaired) electrons. The molecule has 0 spiro atoms. The largest absolute Gasteiger partial charge is 0.457 e. The molecular weight excluding hydrogens is 497 g/mol. The molecule has 4 aromatic rings. The number of hydrogen-bond acceptors (Lipinski definition) is 5. The maximum Gasteiger partial charge on any atom is 0.226 e. The van der Waals surface area contributed by atoms with Gasteiger partial charge in [0.25, 0.3) is 0 Å². The van der Waals surface area contributed by atoms with Crippen LogP contribution in [0, 0.1) is 5.82 Å². The predicted molar refractivity (Wildman–Crippen MR) is 137 cm³/mol. The monoisotopic (exact) mass is 521 g/mol. The quantitative estimate of drug-likeness (QED) is 0.272. The first-order chi connectivity index (χ1) is 17.9. The number of rotatable bonds is 12. The van der Waals surface area contributed by atoms with Crippen LogP contribution in [0.4, 0.5) is 4.39 Å². The van der Waals surface area contributed by atoms with E-state index in [0.29, 0.717) is 22.2 Å². The predicted octanol–water partition coefficient (Wildman–Crippen LogP) is 5.05. The zero-order valence-corrected chi connectivity index (χ0v) is 20.6. The van der Waals surface area contributed by atoms with Gasteiger partial charge in [-0.1, -0.05) is 35.9 Å². The van der Waals surface area contributed by atoms with Crippen molar-refractivity contribution in [1.82, 2.24) is 15.3 Å². The fraction of sp³-hybridized carbons (Fsp3) is 0.179. The molecule has 4 rings (SSSR count). The van der Waals surface area contributed by atoms with Crippen molar-refractivity contribution >= 4 is 23.3 Å². The number of ketones is 1. The number of amides is 1. The van der Waals surface area contributed by atoms with E-state index in [0.717, 1.165) is 11.1 Å². The first-order valence-electron chi connectivity index (χ1n) is 11.6. The van der Waals surface area contributed by atoms with Crippen molar-refractivity contribution in [2.45, 2.75) is 25.5 Å². The van der Waals surface area contributed by atoms with E-state index in [1.165, 1.54) is 18.5 Å². The van der Waals surface area contributed by atoms with E-state index in [1.807, 2.05) is 0 Å². The van der Waals surface area contributed by atoms with Crippen LogP contribution < -0.4 is 10.1 Å². The summed E-state index contributed by atoms with van der Waals surface area (Å²) >= 11 is 5.90. The molecule has 0 saturated carbocycles. The third kappa shape index (κ3) is 8.27. The number of hydrogen-bond donors (Lipinski definition) is 2. The number of imidazole rings is 1. The molecule has 190 valence electrons. The van der Waals surface area contributed by atoms with Crippen molar-refractivity contribution in [3.05, 3.63) is 113 Å². The minimum atomic E-state index is -0.860. The SMILES string of the molecule is O=C(Cc1cnc[nH]1)N[C@@H](COCc1ccc(F)cc1)C(=O)Cc1ccc(Oc2ccc(Cl)cc2)cc1. The van der Waals surface area contributed by atoms with Crippen LogP contribution in [-0.4, -0.2) is 34.3 Å². The van der Waals surface area contributed by atoms with Gasteiger partial charge in [0.15, 0.2) is 5.78 Å². The van der Waals surface area contributed by atoms with Gasteiger partial charge in [-0.05, 0) is 59.7 Å². The fourth-order valence-electron chi connectivity index (χ4n) is 3.53. The number of aromatic amines is 1. The average Bonchev–Trinajstić information content (AvgIpc) is 3.40. The number of benzene rings is 3. The minimum Gasteiger partial charge on any atom is -0.457 e. The van der Waals surface area contributed by atoms with Crippen LogP contribution in [0.25, 0.3) is 0 Å². The molecule has 3 aromatic carbocycles. The number of aromatic nitrogens is 2. The lowest BCUT2D eigenvalue weighted by atomic mass is 10.0. The fourth-order valence-corrected chi connectivity index (χ4v) is 3.65. The average molecular weight is 522 g/mol. The van der Waals surface area contributed by atoms with Crippen LogP contribution in [0.2, 0.25) is 5.02 Å². The van der Waals surface area contributed by atoms with Gasteiger partial charge in [0, 0.05) is 23.3 Å². The van der Waals surface area contributed by atoms with Gasteiger partial charge < -0.3 is 19.8 Å². The van der Waals surface area contributed by atoms with Gasteiger partial charge in [-0.3, -0.25) is 9.59 Å². The van der Waals surface area contributed by atoms with Gasteiger partial charge >= 0.3 is 0 Å². The van der Waals surface area contributed by atoms with E-state index in [9.17, 15) is 14.0 Å². The minimum absolute atomic E-state index is 0.0251. The number of ether oxygens (including phenoxy) is 2. The molecule has 37 heavy (non-hydrogen) atoms. The lowest BCUT2D eigenvalue weighted by molar-refractivity contribution is -0.128. The molecule has 1 amide bonds. The molecule has 1 aromatic heterocycles. The van der Waals surface area contributed by atoms with Crippen molar-refractivity contribution in [3.63, 3.8) is 0 Å². The summed E-state index contributed by atoms with van der Waals surface area (Å²) in [7, 11) is 0. The first-order valence-corrected chi connectivity index (χ1v) is 12.0. The molecule has 0 aliphatic carbocycles. The Balaban J connectivity index is 1.37. The summed E-state index contributed by atoms with van der Waals surface area (Å²) < 4.78 is 24.6. The van der Waals surface area contributed by atoms with Gasteiger partial charge in [-0.25, -0.2) is 9.37 Å². The molecular formula is C28H25ClFN3O4. The molecule has 0 fully saturated rings. The summed E-state index contributed by atoms with van der Waals surface area (Å²) in [6.45, 7) is 0.153. The van der Waals surface area contributed by atoms with Crippen LogP contribution in [-0.2, 0) is 33.8 Å². The first kappa shape index (κ1) is 26.1. The molecule has 0 unspecified atom stereocenters. The number of carbonyl (C=O) groups is 2. The zero-order valence-electron chi connectivity index (χ0n) is 19.8. The highest BCUT2D eigenvalue weighted by atomic mass is 35.5. The van der Waals surface area contributed by atoms with E-state index in [2.05, 4.69) is 15.3 Å². The van der Waals surface area contributed by atoms with Gasteiger partial charge in [0.1, 0.15) is 23.4 Å². The van der Waals surface area contributed by atoms with E-state index >= 15 is 0 Å². The van der Waals surface area contributed by atoms with Crippen LogP contribution in [0.1, 0.15) is 16.8 Å². The van der Waals surface area contributed by atoms with Gasteiger partial charge in [-0.2, -0.15) is 0 Å². The molecule has 1 heterocycles. The second-order valence-electron chi connectivity index (χ2n) is 8.36. The van der Waals surface area contributed by atoms with Crippen LogP contribution >= 0.6 is 11.6 Å². The van der Waals surface area contributed by atoms with E-state index in [1.54, 1.807) is 66.9 Å². The zero-order chi connectivity index (χ0) is 26.0. The second-order valence-corrected chi connectivity index (χ2v) is 8.79. The third-order valence-electron chi connectivity index (χ3n) is 5.45. The van der Waals surface area contributed by atoms with Crippen molar-refractivity contribution < 1.29 is 23.5 Å². The Hall–Kier alpha value is -4.01. The summed E-state index contributed by atoms with van der Waals surface area (Å²) in [6, 6.07) is 19.2. The highest BCUT2D eigenvalue weighted by molar-refractivity contribution is 6.30. The lowest BCUT2D eigenvalue weighted by Crippen LogP contribution is -2.45. The summed E-state index contributed by atoms with van der Waals surface area (Å²) in [4.78, 5) is 32.5. The third-order valence-corrected chi connectivity index (χ3v) is 5.70. The van der Waals surface area contributed by atoms with Crippen molar-refractivity contribution in [2.24, 2.45) is 0 Å². The summed E-state index contributed by atoms with van der Waals surface area (Å²) in [5.41, 5.74) is 2.15. The molecule has 0 saturated heterocycles. The number of nitrogens with zero attached hydrogens (tertiary/aromatic N) is 1. The Kier molecular flexibility index (Phi) is 9.02. The van der Waals surface area contributed by atoms with Gasteiger partial charge in [0.2, 0.25) is 5.91 Å². The van der Waals surface area contributed by atoms with E-state index in [4.69, 9.17) is 21.1 Å². The lowest BCUT2D eigenvalue weighted by Gasteiger charge is -2.18. The number of H-pyrrole nitrogens is 1. The molecule has 7 nitrogen and oxygen atoms in total. The summed E-state index contributed by atoms with van der Waals surface area (Å²) in [5, 5.41) is 3.38. The van der Waals surface area contributed by atoms with Crippen molar-refractivity contribution in [3.8, 4) is 11.5 Å². The maximum absolute atomic E-state index is 13.1. The van der Waals surface area contributed by atoms with Crippen LogP contribution in [0.15, 0.2) is 85.3 Å². The smallest absolute Gasteiger partial charge is 0.226 e. The molecule has 1 atom stereocenters. The Labute approximate surface area is 218 Å². The molecule has 0 aliphatic rings. The van der Waals surface area contributed by atoms with Gasteiger partial charge in [-0.15, -0.1) is 0 Å². The highest BCUT2D eigenvalue weighted by Gasteiger charge is 2.22. The normalized spacial score (nSPS) is 11.6.